The normalized spacial score (nSPS) is 12.7. The van der Waals surface area contributed by atoms with E-state index in [1.54, 1.807) is 13.0 Å². The van der Waals surface area contributed by atoms with Gasteiger partial charge in [0.2, 0.25) is 0 Å². The number of benzene rings is 1. The number of hydrogen-bond donors (Lipinski definition) is 1. The molecule has 0 spiro atoms. The van der Waals surface area contributed by atoms with Crippen molar-refractivity contribution in [2.24, 2.45) is 7.05 Å². The summed E-state index contributed by atoms with van der Waals surface area (Å²) in [6.07, 6.45) is 2.89. The predicted octanol–water partition coefficient (Wildman–Crippen LogP) is 3.13. The molecular weight excluding hydrogens is 253 g/mol. The highest BCUT2D eigenvalue weighted by molar-refractivity contribution is 5.35. The first-order valence-electron chi connectivity index (χ1n) is 7.08. The number of nitrogens with one attached hydrogen (secondary N) is 1. The van der Waals surface area contributed by atoms with Crippen molar-refractivity contribution < 1.29 is 4.39 Å². The summed E-state index contributed by atoms with van der Waals surface area (Å²) in [5.74, 6) is -0.160. The van der Waals surface area contributed by atoms with Crippen molar-refractivity contribution in [3.05, 3.63) is 52.6 Å². The van der Waals surface area contributed by atoms with E-state index in [0.717, 1.165) is 29.8 Å². The van der Waals surface area contributed by atoms with Gasteiger partial charge in [0.25, 0.3) is 0 Å². The summed E-state index contributed by atoms with van der Waals surface area (Å²) in [7, 11) is 1.92. The third-order valence-electron chi connectivity index (χ3n) is 3.52. The molecule has 1 aromatic carbocycles. The zero-order chi connectivity index (χ0) is 14.7. The molecule has 3 nitrogen and oxygen atoms in total. The van der Waals surface area contributed by atoms with Gasteiger partial charge in [0.15, 0.2) is 0 Å². The highest BCUT2D eigenvalue weighted by Crippen LogP contribution is 2.26. The van der Waals surface area contributed by atoms with Crippen molar-refractivity contribution in [3.8, 4) is 0 Å². The number of aryl methyl sites for hydroxylation is 3. The minimum atomic E-state index is -0.160. The van der Waals surface area contributed by atoms with Crippen molar-refractivity contribution in [2.45, 2.75) is 33.2 Å². The van der Waals surface area contributed by atoms with Gasteiger partial charge in [0, 0.05) is 18.8 Å². The summed E-state index contributed by atoms with van der Waals surface area (Å²) in [5, 5.41) is 7.91. The van der Waals surface area contributed by atoms with Gasteiger partial charge in [-0.1, -0.05) is 26.0 Å². The third-order valence-corrected chi connectivity index (χ3v) is 3.52. The van der Waals surface area contributed by atoms with Crippen molar-refractivity contribution in [3.63, 3.8) is 0 Å². The first-order valence-corrected chi connectivity index (χ1v) is 7.08. The average Bonchev–Trinajstić information content (AvgIpc) is 2.80. The molecule has 2 rings (SSSR count). The lowest BCUT2D eigenvalue weighted by molar-refractivity contribution is 0.595. The molecule has 1 aromatic heterocycles. The summed E-state index contributed by atoms with van der Waals surface area (Å²) in [4.78, 5) is 0. The van der Waals surface area contributed by atoms with Gasteiger partial charge in [-0.25, -0.2) is 4.39 Å². The molecule has 0 aliphatic carbocycles. The van der Waals surface area contributed by atoms with Gasteiger partial charge >= 0.3 is 0 Å². The second-order valence-electron chi connectivity index (χ2n) is 5.06. The summed E-state index contributed by atoms with van der Waals surface area (Å²) in [6, 6.07) is 5.42. The average molecular weight is 275 g/mol. The fourth-order valence-corrected chi connectivity index (χ4v) is 2.47. The lowest BCUT2D eigenvalue weighted by atomic mass is 9.97. The third kappa shape index (κ3) is 2.90. The second-order valence-corrected chi connectivity index (χ2v) is 5.06. The van der Waals surface area contributed by atoms with Crippen molar-refractivity contribution >= 4 is 0 Å². The maximum atomic E-state index is 13.8. The van der Waals surface area contributed by atoms with Crippen molar-refractivity contribution in [1.29, 1.82) is 0 Å². The Balaban J connectivity index is 2.46. The zero-order valence-electron chi connectivity index (χ0n) is 12.6. The lowest BCUT2D eigenvalue weighted by Gasteiger charge is -2.19. The summed E-state index contributed by atoms with van der Waals surface area (Å²) in [6.45, 7) is 6.74. The van der Waals surface area contributed by atoms with Gasteiger partial charge in [-0.05, 0) is 37.1 Å². The molecule has 0 amide bonds. The van der Waals surface area contributed by atoms with Crippen LogP contribution in [-0.4, -0.2) is 16.3 Å². The largest absolute Gasteiger partial charge is 0.306 e. The summed E-state index contributed by atoms with van der Waals surface area (Å²) in [5.41, 5.74) is 3.79. The Morgan fingerprint density at radius 3 is 2.70 bits per heavy atom. The molecule has 0 aliphatic rings. The first kappa shape index (κ1) is 14.7. The van der Waals surface area contributed by atoms with Crippen LogP contribution < -0.4 is 5.32 Å². The minimum Gasteiger partial charge on any atom is -0.306 e. The fraction of sp³-hybridized carbons (Fsp3) is 0.438. The van der Waals surface area contributed by atoms with Crippen LogP contribution in [0.4, 0.5) is 4.39 Å². The Morgan fingerprint density at radius 1 is 1.35 bits per heavy atom. The van der Waals surface area contributed by atoms with Crippen molar-refractivity contribution in [1.82, 2.24) is 15.1 Å². The maximum Gasteiger partial charge on any atom is 0.126 e. The highest BCUT2D eigenvalue weighted by Gasteiger charge is 2.19. The summed E-state index contributed by atoms with van der Waals surface area (Å²) < 4.78 is 15.7. The van der Waals surface area contributed by atoms with Crippen LogP contribution in [0.25, 0.3) is 0 Å². The molecule has 0 aliphatic heterocycles. The van der Waals surface area contributed by atoms with Gasteiger partial charge in [-0.15, -0.1) is 0 Å². The van der Waals surface area contributed by atoms with E-state index in [0.29, 0.717) is 5.56 Å². The Bertz CT molecular complexity index is 589. The standard InChI is InChI=1S/C16H22FN3/c1-5-15-13(10-20(4)19-15)16(18-6-2)12-8-7-11(3)14(17)9-12/h7-10,16,18H,5-6H2,1-4H3. The highest BCUT2D eigenvalue weighted by atomic mass is 19.1. The molecule has 1 unspecified atom stereocenters. The molecule has 0 saturated carbocycles. The molecule has 0 radical (unpaired) electrons. The van der Waals surface area contributed by atoms with Crippen LogP contribution in [0.15, 0.2) is 24.4 Å². The number of nitrogens with zero attached hydrogens (tertiary/aromatic N) is 2. The number of halogens is 1. The van der Waals surface area contributed by atoms with E-state index in [2.05, 4.69) is 24.3 Å². The Labute approximate surface area is 119 Å². The van der Waals surface area contributed by atoms with Gasteiger partial charge in [0.1, 0.15) is 5.82 Å². The van der Waals surface area contributed by atoms with Crippen LogP contribution in [0, 0.1) is 12.7 Å². The lowest BCUT2D eigenvalue weighted by Crippen LogP contribution is -2.22. The molecule has 0 saturated heterocycles. The second kappa shape index (κ2) is 6.18. The predicted molar refractivity (Wildman–Crippen MR) is 79.2 cm³/mol. The molecule has 108 valence electrons. The molecular formula is C16H22FN3. The topological polar surface area (TPSA) is 29.9 Å². The Kier molecular flexibility index (Phi) is 4.55. The number of rotatable bonds is 5. The van der Waals surface area contributed by atoms with E-state index in [9.17, 15) is 4.39 Å². The van der Waals surface area contributed by atoms with E-state index in [-0.39, 0.29) is 11.9 Å². The molecule has 20 heavy (non-hydrogen) atoms. The molecule has 1 N–H and O–H groups in total. The Hall–Kier alpha value is -1.68. The van der Waals surface area contributed by atoms with Gasteiger partial charge in [0.05, 0.1) is 11.7 Å². The molecule has 2 aromatic rings. The van der Waals surface area contributed by atoms with Crippen LogP contribution in [0.2, 0.25) is 0 Å². The van der Waals surface area contributed by atoms with Crippen molar-refractivity contribution in [2.75, 3.05) is 6.54 Å². The van der Waals surface area contributed by atoms with E-state index in [1.807, 2.05) is 30.1 Å². The van der Waals surface area contributed by atoms with E-state index in [1.165, 1.54) is 0 Å². The molecule has 0 fully saturated rings. The van der Waals surface area contributed by atoms with Gasteiger partial charge in [-0.2, -0.15) is 5.10 Å². The van der Waals surface area contributed by atoms with Crippen LogP contribution in [-0.2, 0) is 13.5 Å². The number of aromatic nitrogens is 2. The molecule has 4 heteroatoms. The fourth-order valence-electron chi connectivity index (χ4n) is 2.47. The summed E-state index contributed by atoms with van der Waals surface area (Å²) >= 11 is 0. The zero-order valence-corrected chi connectivity index (χ0v) is 12.6. The quantitative estimate of drug-likeness (QED) is 0.908. The smallest absolute Gasteiger partial charge is 0.126 e. The minimum absolute atomic E-state index is 0.0150. The van der Waals surface area contributed by atoms with Gasteiger partial charge < -0.3 is 5.32 Å². The Morgan fingerprint density at radius 2 is 2.10 bits per heavy atom. The van der Waals surface area contributed by atoms with Crippen LogP contribution in [0.3, 0.4) is 0 Å². The monoisotopic (exact) mass is 275 g/mol. The van der Waals surface area contributed by atoms with Crippen LogP contribution >= 0.6 is 0 Å². The molecule has 0 bridgehead atoms. The van der Waals surface area contributed by atoms with E-state index >= 15 is 0 Å². The molecule has 1 heterocycles. The first-order chi connectivity index (χ1) is 9.56. The number of hydrogen-bond acceptors (Lipinski definition) is 2. The van der Waals surface area contributed by atoms with E-state index < -0.39 is 0 Å². The maximum absolute atomic E-state index is 13.8. The van der Waals surface area contributed by atoms with Crippen LogP contribution in [0.1, 0.15) is 42.3 Å². The van der Waals surface area contributed by atoms with Crippen LogP contribution in [0.5, 0.6) is 0 Å². The van der Waals surface area contributed by atoms with Gasteiger partial charge in [-0.3, -0.25) is 4.68 Å². The van der Waals surface area contributed by atoms with E-state index in [4.69, 9.17) is 0 Å². The molecule has 1 atom stereocenters. The SMILES string of the molecule is CCNC(c1ccc(C)c(F)c1)c1cn(C)nc1CC.